The molecule has 0 aromatic heterocycles. The summed E-state index contributed by atoms with van der Waals surface area (Å²) in [6, 6.07) is 7.49. The van der Waals surface area contributed by atoms with Crippen LogP contribution in [0.3, 0.4) is 0 Å². The van der Waals surface area contributed by atoms with Crippen molar-refractivity contribution in [2.75, 3.05) is 0 Å². The molecule has 48 heavy (non-hydrogen) atoms. The monoisotopic (exact) mass is 646 g/mol. The molecule has 1 aromatic carbocycles. The maximum absolute atomic E-state index is 14.2. The number of Topliss-reactive ketones (excluding diaryl/α,β-unsaturated/α-hetero) is 2. The maximum Gasteiger partial charge on any atom is 0.171 e. The molecule has 0 aliphatic heterocycles. The summed E-state index contributed by atoms with van der Waals surface area (Å²) >= 11 is 0. The van der Waals surface area contributed by atoms with Crippen LogP contribution in [-0.4, -0.2) is 11.6 Å². The van der Waals surface area contributed by atoms with Gasteiger partial charge in [0.1, 0.15) is 0 Å². The molecular formula is C46H62O2. The number of rotatable bonds is 17. The summed E-state index contributed by atoms with van der Waals surface area (Å²) in [6.45, 7) is 17.7. The molecule has 3 aliphatic carbocycles. The first kappa shape index (κ1) is 37.6. The van der Waals surface area contributed by atoms with E-state index in [1.54, 1.807) is 0 Å². The molecule has 0 N–H and O–H groups in total. The molecule has 0 spiro atoms. The lowest BCUT2D eigenvalue weighted by Gasteiger charge is -2.50. The molecule has 0 amide bonds. The Kier molecular flexibility index (Phi) is 13.2. The van der Waals surface area contributed by atoms with Gasteiger partial charge in [0, 0.05) is 11.1 Å². The van der Waals surface area contributed by atoms with Crippen molar-refractivity contribution in [3.63, 3.8) is 0 Å². The molecule has 4 atom stereocenters. The van der Waals surface area contributed by atoms with Gasteiger partial charge in [0.15, 0.2) is 11.6 Å². The van der Waals surface area contributed by atoms with E-state index in [1.165, 1.54) is 39.9 Å². The topological polar surface area (TPSA) is 34.1 Å². The second-order valence-electron chi connectivity index (χ2n) is 15.6. The molecule has 1 aromatic rings. The molecule has 0 heterocycles. The fourth-order valence-electron chi connectivity index (χ4n) is 8.46. The maximum atomic E-state index is 14.2. The highest BCUT2D eigenvalue weighted by molar-refractivity contribution is 6.20. The van der Waals surface area contributed by atoms with Crippen LogP contribution in [0.15, 0.2) is 106 Å². The van der Waals surface area contributed by atoms with E-state index in [-0.39, 0.29) is 23.4 Å². The number of ketones is 2. The van der Waals surface area contributed by atoms with Gasteiger partial charge in [-0.1, -0.05) is 113 Å². The van der Waals surface area contributed by atoms with E-state index in [4.69, 9.17) is 0 Å². The third-order valence-corrected chi connectivity index (χ3v) is 11.7. The molecule has 4 rings (SSSR count). The first-order chi connectivity index (χ1) is 22.9. The lowest BCUT2D eigenvalue weighted by Crippen LogP contribution is -2.56. The van der Waals surface area contributed by atoms with Gasteiger partial charge in [-0.25, -0.2) is 0 Å². The van der Waals surface area contributed by atoms with Gasteiger partial charge in [0.2, 0.25) is 0 Å². The summed E-state index contributed by atoms with van der Waals surface area (Å²) in [7, 11) is 0. The van der Waals surface area contributed by atoms with Crippen LogP contribution in [0.1, 0.15) is 153 Å². The molecule has 1 saturated carbocycles. The summed E-state index contributed by atoms with van der Waals surface area (Å²) in [5, 5.41) is 0. The minimum atomic E-state index is -0.662. The predicted octanol–water partition coefficient (Wildman–Crippen LogP) is 13.3. The standard InChI is InChI=1S/C46H62O2/c1-33(2)16-11-17-34(3)18-12-19-35(4)20-13-21-36(5)22-14-23-37(6)24-15-25-38(7)30-31-46-40-29-28-39(32-40)45(46,8)43(47)41-26-9-10-27-42(41)44(46)48/h9-10,16,18,20,22,24,26-30,39-40H,11-15,17,19,21,23,25,31-32H2,1-8H3/b34-18+,35-20+,36-22+,37-24+,38-30+. The molecule has 4 unspecified atom stereocenters. The predicted molar refractivity (Wildman–Crippen MR) is 205 cm³/mol. The molecule has 2 nitrogen and oxygen atoms in total. The second kappa shape index (κ2) is 16.9. The van der Waals surface area contributed by atoms with Gasteiger partial charge >= 0.3 is 0 Å². The summed E-state index contributed by atoms with van der Waals surface area (Å²) in [5.41, 5.74) is 8.59. The van der Waals surface area contributed by atoms with Crippen molar-refractivity contribution in [1.82, 2.24) is 0 Å². The van der Waals surface area contributed by atoms with Gasteiger partial charge in [0.05, 0.1) is 10.8 Å². The average molecular weight is 647 g/mol. The van der Waals surface area contributed by atoms with Crippen LogP contribution in [0.25, 0.3) is 0 Å². The Balaban J connectivity index is 1.21. The Morgan fingerprint density at radius 1 is 0.583 bits per heavy atom. The zero-order chi connectivity index (χ0) is 34.9. The van der Waals surface area contributed by atoms with Crippen molar-refractivity contribution in [2.24, 2.45) is 22.7 Å². The lowest BCUT2D eigenvalue weighted by molar-refractivity contribution is 0.0242. The van der Waals surface area contributed by atoms with E-state index < -0.39 is 10.8 Å². The van der Waals surface area contributed by atoms with Gasteiger partial charge in [-0.05, 0) is 137 Å². The van der Waals surface area contributed by atoms with Crippen LogP contribution in [0.2, 0.25) is 0 Å². The third-order valence-electron chi connectivity index (χ3n) is 11.7. The quantitative estimate of drug-likeness (QED) is 0.158. The van der Waals surface area contributed by atoms with Gasteiger partial charge in [-0.15, -0.1) is 0 Å². The van der Waals surface area contributed by atoms with E-state index >= 15 is 0 Å². The summed E-state index contributed by atoms with van der Waals surface area (Å²) in [5.74, 6) is 0.624. The molecule has 2 bridgehead atoms. The molecule has 1 fully saturated rings. The zero-order valence-corrected chi connectivity index (χ0v) is 31.4. The van der Waals surface area contributed by atoms with Crippen molar-refractivity contribution >= 4 is 11.6 Å². The highest BCUT2D eigenvalue weighted by Gasteiger charge is 2.71. The van der Waals surface area contributed by atoms with Gasteiger partial charge in [-0.3, -0.25) is 9.59 Å². The number of hydrogen-bond acceptors (Lipinski definition) is 2. The van der Waals surface area contributed by atoms with Gasteiger partial charge in [-0.2, -0.15) is 0 Å². The highest BCUT2D eigenvalue weighted by atomic mass is 16.1. The normalized spacial score (nSPS) is 25.9. The number of allylic oxidation sites excluding steroid dienone is 14. The summed E-state index contributed by atoms with van der Waals surface area (Å²) in [6.07, 6.45) is 31.3. The van der Waals surface area contributed by atoms with Gasteiger partial charge < -0.3 is 0 Å². The fraction of sp³-hybridized carbons (Fsp3) is 0.522. The zero-order valence-electron chi connectivity index (χ0n) is 31.4. The smallest absolute Gasteiger partial charge is 0.171 e. The van der Waals surface area contributed by atoms with Crippen LogP contribution >= 0.6 is 0 Å². The minimum absolute atomic E-state index is 0.138. The lowest BCUT2D eigenvalue weighted by atomic mass is 9.49. The first-order valence-corrected chi connectivity index (χ1v) is 18.7. The van der Waals surface area contributed by atoms with E-state index in [2.05, 4.69) is 104 Å². The van der Waals surface area contributed by atoms with Crippen molar-refractivity contribution in [1.29, 1.82) is 0 Å². The van der Waals surface area contributed by atoms with Crippen molar-refractivity contribution in [3.8, 4) is 0 Å². The van der Waals surface area contributed by atoms with Crippen LogP contribution in [-0.2, 0) is 0 Å². The largest absolute Gasteiger partial charge is 0.293 e. The van der Waals surface area contributed by atoms with E-state index in [1.807, 2.05) is 24.3 Å². The Labute approximate surface area is 293 Å². The highest BCUT2D eigenvalue weighted by Crippen LogP contribution is 2.69. The number of benzene rings is 1. The van der Waals surface area contributed by atoms with Crippen molar-refractivity contribution in [3.05, 3.63) is 117 Å². The number of carbonyl (C=O) groups excluding carboxylic acids is 2. The van der Waals surface area contributed by atoms with E-state index in [0.717, 1.165) is 64.2 Å². The number of fused-ring (bicyclic) bond motifs is 6. The third kappa shape index (κ3) is 8.47. The molecule has 0 saturated heterocycles. The molecule has 3 aliphatic rings. The van der Waals surface area contributed by atoms with Crippen molar-refractivity contribution in [2.45, 2.75) is 132 Å². The van der Waals surface area contributed by atoms with Gasteiger partial charge in [0.25, 0.3) is 0 Å². The van der Waals surface area contributed by atoms with E-state index in [0.29, 0.717) is 17.5 Å². The van der Waals surface area contributed by atoms with Crippen molar-refractivity contribution < 1.29 is 9.59 Å². The summed E-state index contributed by atoms with van der Waals surface area (Å²) < 4.78 is 0. The average Bonchev–Trinajstić information content (AvgIpc) is 3.63. The fourth-order valence-corrected chi connectivity index (χ4v) is 8.46. The SMILES string of the molecule is CC(C)=CCC/C(C)=C/CC/C(C)=C/CC/C(C)=C/CC/C(C)=C/CC/C(C)=C/CC12C(=O)c3ccccc3C(=O)C1(C)C1C=CC2C1. The Morgan fingerprint density at radius 2 is 0.979 bits per heavy atom. The summed E-state index contributed by atoms with van der Waals surface area (Å²) in [4.78, 5) is 28.1. The van der Waals surface area contributed by atoms with E-state index in [9.17, 15) is 9.59 Å². The minimum Gasteiger partial charge on any atom is -0.293 e. The molecule has 0 radical (unpaired) electrons. The van der Waals surface area contributed by atoms with Crippen LogP contribution in [0.4, 0.5) is 0 Å². The molecular weight excluding hydrogens is 585 g/mol. The Bertz CT molecular complexity index is 1550. The second-order valence-corrected chi connectivity index (χ2v) is 15.6. The Hall–Kier alpha value is -3.26. The molecule has 2 heteroatoms. The number of carbonyl (C=O) groups is 2. The van der Waals surface area contributed by atoms with Crippen LogP contribution < -0.4 is 0 Å². The first-order valence-electron chi connectivity index (χ1n) is 18.7. The number of hydrogen-bond donors (Lipinski definition) is 0. The molecule has 258 valence electrons. The Morgan fingerprint density at radius 3 is 1.44 bits per heavy atom. The van der Waals surface area contributed by atoms with Crippen LogP contribution in [0, 0.1) is 22.7 Å². The van der Waals surface area contributed by atoms with Crippen LogP contribution in [0.5, 0.6) is 0 Å².